The Bertz CT molecular complexity index is 874. The highest BCUT2D eigenvalue weighted by Crippen LogP contribution is 2.34. The number of methoxy groups -OCH3 is 1. The van der Waals surface area contributed by atoms with Gasteiger partial charge in [-0.1, -0.05) is 0 Å². The van der Waals surface area contributed by atoms with Crippen molar-refractivity contribution in [2.24, 2.45) is 0 Å². The molecule has 146 valence electrons. The van der Waals surface area contributed by atoms with Crippen LogP contribution in [0.2, 0.25) is 0 Å². The van der Waals surface area contributed by atoms with Gasteiger partial charge < -0.3 is 14.8 Å². The second-order valence-corrected chi connectivity index (χ2v) is 7.45. The first kappa shape index (κ1) is 21.1. The second kappa shape index (κ2) is 9.14. The summed E-state index contributed by atoms with van der Waals surface area (Å²) in [5.74, 6) is -1.47. The van der Waals surface area contributed by atoms with Gasteiger partial charge in [-0.25, -0.2) is 9.59 Å². The van der Waals surface area contributed by atoms with Gasteiger partial charge in [-0.05, 0) is 42.3 Å². The second-order valence-electron chi connectivity index (χ2n) is 5.57. The topological polar surface area (TPSA) is 99.5 Å². The van der Waals surface area contributed by atoms with E-state index in [1.807, 2.05) is 6.92 Å². The lowest BCUT2D eigenvalue weighted by Crippen LogP contribution is -2.17. The molecular weight excluding hydrogens is 438 g/mol. The summed E-state index contributed by atoms with van der Waals surface area (Å²) in [6, 6.07) is 0. The molecule has 0 fully saturated rings. The minimum absolute atomic E-state index is 0.154. The minimum Gasteiger partial charge on any atom is -0.465 e. The number of thiophene rings is 1. The van der Waals surface area contributed by atoms with Gasteiger partial charge in [0.1, 0.15) is 9.88 Å². The smallest absolute Gasteiger partial charge is 0.348 e. The normalized spacial score (nSPS) is 10.6. The maximum atomic E-state index is 12.4. The SMILES string of the molecule is CCOC(=O)c1sc(NC(=O)CCn2ncc(Br)c2C)c(C(=O)OC)c1C. The Kier molecular flexibility index (Phi) is 7.14. The molecule has 2 rings (SSSR count). The lowest BCUT2D eigenvalue weighted by atomic mass is 10.1. The summed E-state index contributed by atoms with van der Waals surface area (Å²) in [6.07, 6.45) is 1.82. The van der Waals surface area contributed by atoms with Crippen molar-refractivity contribution in [1.82, 2.24) is 9.78 Å². The Morgan fingerprint density at radius 2 is 2.00 bits per heavy atom. The van der Waals surface area contributed by atoms with Gasteiger partial charge in [0.2, 0.25) is 5.91 Å². The number of halogens is 1. The number of rotatable bonds is 7. The average Bonchev–Trinajstić information content (AvgIpc) is 3.12. The number of nitrogens with one attached hydrogen (secondary N) is 1. The van der Waals surface area contributed by atoms with Crippen LogP contribution in [0.15, 0.2) is 10.7 Å². The Morgan fingerprint density at radius 3 is 2.56 bits per heavy atom. The molecule has 1 amide bonds. The first-order valence-corrected chi connectivity index (χ1v) is 9.77. The number of hydrogen-bond donors (Lipinski definition) is 1. The van der Waals surface area contributed by atoms with Gasteiger partial charge >= 0.3 is 11.9 Å². The number of anilines is 1. The van der Waals surface area contributed by atoms with E-state index in [1.54, 1.807) is 24.7 Å². The molecule has 8 nitrogen and oxygen atoms in total. The maximum absolute atomic E-state index is 12.4. The zero-order valence-electron chi connectivity index (χ0n) is 15.4. The number of ether oxygens (including phenoxy) is 2. The van der Waals surface area contributed by atoms with Crippen LogP contribution < -0.4 is 5.32 Å². The van der Waals surface area contributed by atoms with E-state index in [9.17, 15) is 14.4 Å². The van der Waals surface area contributed by atoms with E-state index >= 15 is 0 Å². The molecule has 0 aliphatic rings. The van der Waals surface area contributed by atoms with Crippen LogP contribution in [0.5, 0.6) is 0 Å². The number of hydrogen-bond acceptors (Lipinski definition) is 7. The van der Waals surface area contributed by atoms with Crippen LogP contribution in [-0.2, 0) is 20.8 Å². The summed E-state index contributed by atoms with van der Waals surface area (Å²) in [6.45, 7) is 5.80. The molecule has 0 atom stereocenters. The van der Waals surface area contributed by atoms with E-state index in [2.05, 4.69) is 26.3 Å². The van der Waals surface area contributed by atoms with Gasteiger partial charge in [0.05, 0.1) is 36.5 Å². The fourth-order valence-corrected chi connectivity index (χ4v) is 3.79. The number of carbonyl (C=O) groups excluding carboxylic acids is 3. The Morgan fingerprint density at radius 1 is 1.30 bits per heavy atom. The van der Waals surface area contributed by atoms with E-state index in [0.717, 1.165) is 21.5 Å². The number of carbonyl (C=O) groups is 3. The summed E-state index contributed by atoms with van der Waals surface area (Å²) in [5, 5.41) is 7.14. The van der Waals surface area contributed by atoms with Crippen LogP contribution in [-0.4, -0.2) is 41.3 Å². The lowest BCUT2D eigenvalue weighted by molar-refractivity contribution is -0.116. The van der Waals surface area contributed by atoms with E-state index in [-0.39, 0.29) is 34.4 Å². The minimum atomic E-state index is -0.624. The van der Waals surface area contributed by atoms with Gasteiger partial charge in [-0.15, -0.1) is 11.3 Å². The molecule has 0 saturated carbocycles. The molecule has 2 aromatic heterocycles. The summed E-state index contributed by atoms with van der Waals surface area (Å²) < 4.78 is 12.4. The van der Waals surface area contributed by atoms with Crippen LogP contribution in [0.4, 0.5) is 5.00 Å². The molecule has 0 aromatic carbocycles. The Labute approximate surface area is 169 Å². The largest absolute Gasteiger partial charge is 0.465 e. The molecule has 0 aliphatic carbocycles. The molecule has 0 spiro atoms. The molecule has 10 heteroatoms. The molecule has 2 heterocycles. The highest BCUT2D eigenvalue weighted by molar-refractivity contribution is 9.10. The number of amides is 1. The first-order valence-electron chi connectivity index (χ1n) is 8.16. The third-order valence-corrected chi connectivity index (χ3v) is 5.81. The fourth-order valence-electron chi connectivity index (χ4n) is 2.39. The summed E-state index contributed by atoms with van der Waals surface area (Å²) in [5.41, 5.74) is 1.50. The highest BCUT2D eigenvalue weighted by Gasteiger charge is 2.27. The molecule has 0 radical (unpaired) electrons. The van der Waals surface area contributed by atoms with Crippen molar-refractivity contribution in [2.45, 2.75) is 33.7 Å². The third kappa shape index (κ3) is 4.75. The molecule has 0 bridgehead atoms. The molecular formula is C17H20BrN3O5S. The monoisotopic (exact) mass is 457 g/mol. The van der Waals surface area contributed by atoms with E-state index in [0.29, 0.717) is 12.1 Å². The van der Waals surface area contributed by atoms with Crippen LogP contribution in [0.1, 0.15) is 44.6 Å². The zero-order valence-corrected chi connectivity index (χ0v) is 17.8. The predicted molar refractivity (Wildman–Crippen MR) is 104 cm³/mol. The quantitative estimate of drug-likeness (QED) is 0.640. The number of aromatic nitrogens is 2. The summed E-state index contributed by atoms with van der Waals surface area (Å²) in [4.78, 5) is 36.8. The van der Waals surface area contributed by atoms with Crippen LogP contribution in [0, 0.1) is 13.8 Å². The Hall–Kier alpha value is -2.20. The molecule has 0 saturated heterocycles. The molecule has 0 aliphatic heterocycles. The van der Waals surface area contributed by atoms with E-state index in [1.165, 1.54) is 7.11 Å². The van der Waals surface area contributed by atoms with Crippen LogP contribution in [0.3, 0.4) is 0 Å². The Balaban J connectivity index is 2.19. The standard InChI is InChI=1S/C17H20BrN3O5S/c1-5-26-17(24)14-9(2)13(16(23)25-4)15(27-14)20-12(22)6-7-21-10(3)11(18)8-19-21/h8H,5-7H2,1-4H3,(H,20,22). The van der Waals surface area contributed by atoms with Gasteiger partial charge in [-0.2, -0.15) is 5.10 Å². The van der Waals surface area contributed by atoms with Crippen molar-refractivity contribution in [1.29, 1.82) is 0 Å². The van der Waals surface area contributed by atoms with Crippen molar-refractivity contribution in [3.8, 4) is 0 Å². The van der Waals surface area contributed by atoms with Gasteiger partial charge in [0.15, 0.2) is 0 Å². The lowest BCUT2D eigenvalue weighted by Gasteiger charge is -2.07. The van der Waals surface area contributed by atoms with Gasteiger partial charge in [0, 0.05) is 12.1 Å². The summed E-state index contributed by atoms with van der Waals surface area (Å²) in [7, 11) is 1.24. The van der Waals surface area contributed by atoms with Crippen molar-refractivity contribution in [3.63, 3.8) is 0 Å². The molecule has 27 heavy (non-hydrogen) atoms. The predicted octanol–water partition coefficient (Wildman–Crippen LogP) is 3.32. The maximum Gasteiger partial charge on any atom is 0.348 e. The van der Waals surface area contributed by atoms with Crippen molar-refractivity contribution in [2.75, 3.05) is 19.0 Å². The number of nitrogens with zero attached hydrogens (tertiary/aromatic N) is 2. The summed E-state index contributed by atoms with van der Waals surface area (Å²) >= 11 is 4.37. The zero-order chi connectivity index (χ0) is 20.1. The third-order valence-electron chi connectivity index (χ3n) is 3.84. The van der Waals surface area contributed by atoms with E-state index < -0.39 is 11.9 Å². The van der Waals surface area contributed by atoms with Crippen LogP contribution >= 0.6 is 27.3 Å². The number of aryl methyl sites for hydroxylation is 1. The average molecular weight is 458 g/mol. The van der Waals surface area contributed by atoms with Crippen molar-refractivity contribution >= 4 is 50.1 Å². The van der Waals surface area contributed by atoms with Crippen LogP contribution in [0.25, 0.3) is 0 Å². The van der Waals surface area contributed by atoms with E-state index in [4.69, 9.17) is 9.47 Å². The van der Waals surface area contributed by atoms with Gasteiger partial charge in [-0.3, -0.25) is 9.48 Å². The molecule has 2 aromatic rings. The molecule has 0 unspecified atom stereocenters. The fraction of sp³-hybridized carbons (Fsp3) is 0.412. The van der Waals surface area contributed by atoms with Gasteiger partial charge in [0.25, 0.3) is 0 Å². The van der Waals surface area contributed by atoms with Crippen molar-refractivity contribution < 1.29 is 23.9 Å². The van der Waals surface area contributed by atoms with Crippen molar-refractivity contribution in [3.05, 3.63) is 32.4 Å². The first-order chi connectivity index (χ1) is 12.8. The highest BCUT2D eigenvalue weighted by atomic mass is 79.9. The molecule has 1 N–H and O–H groups in total. The number of esters is 2.